The van der Waals surface area contributed by atoms with E-state index in [4.69, 9.17) is 10.5 Å². The summed E-state index contributed by atoms with van der Waals surface area (Å²) < 4.78 is 18.9. The van der Waals surface area contributed by atoms with Crippen LogP contribution in [0.25, 0.3) is 0 Å². The molecule has 1 aromatic heterocycles. The van der Waals surface area contributed by atoms with Crippen molar-refractivity contribution in [2.75, 3.05) is 6.61 Å². The predicted octanol–water partition coefficient (Wildman–Crippen LogP) is 2.86. The molecule has 1 atom stereocenters. The minimum atomic E-state index is -0.316. The lowest BCUT2D eigenvalue weighted by Gasteiger charge is -2.14. The summed E-state index contributed by atoms with van der Waals surface area (Å²) in [6.07, 6.45) is 4.23. The predicted molar refractivity (Wildman–Crippen MR) is 72.4 cm³/mol. The molecule has 0 amide bonds. The molecule has 0 aliphatic rings. The molecule has 2 N–H and O–H groups in total. The second-order valence-corrected chi connectivity index (χ2v) is 4.42. The first-order chi connectivity index (χ1) is 9.16. The number of hydrogen-bond donors (Lipinski definition) is 1. The van der Waals surface area contributed by atoms with E-state index in [1.165, 1.54) is 12.1 Å². The van der Waals surface area contributed by atoms with E-state index in [-0.39, 0.29) is 11.9 Å². The molecule has 0 fully saturated rings. The van der Waals surface area contributed by atoms with Gasteiger partial charge in [-0.15, -0.1) is 0 Å². The highest BCUT2D eigenvalue weighted by molar-refractivity contribution is 5.36. The van der Waals surface area contributed by atoms with Crippen molar-refractivity contribution >= 4 is 0 Å². The van der Waals surface area contributed by atoms with Crippen LogP contribution >= 0.6 is 0 Å². The van der Waals surface area contributed by atoms with Crippen molar-refractivity contribution in [3.05, 3.63) is 59.7 Å². The Labute approximate surface area is 112 Å². The van der Waals surface area contributed by atoms with Gasteiger partial charge in [0.2, 0.25) is 0 Å². The fourth-order valence-electron chi connectivity index (χ4n) is 1.84. The Morgan fingerprint density at radius 1 is 1.26 bits per heavy atom. The summed E-state index contributed by atoms with van der Waals surface area (Å²) in [4.78, 5) is 3.95. The lowest BCUT2D eigenvalue weighted by Crippen LogP contribution is -2.10. The fourth-order valence-corrected chi connectivity index (χ4v) is 1.84. The van der Waals surface area contributed by atoms with Gasteiger partial charge in [-0.25, -0.2) is 4.39 Å². The fraction of sp³-hybridized carbons (Fsp3) is 0.267. The number of aromatic nitrogens is 1. The van der Waals surface area contributed by atoms with Crippen LogP contribution < -0.4 is 10.5 Å². The van der Waals surface area contributed by atoms with Crippen molar-refractivity contribution in [1.29, 1.82) is 0 Å². The number of rotatable bonds is 5. The van der Waals surface area contributed by atoms with Crippen LogP contribution in [0.2, 0.25) is 0 Å². The second-order valence-electron chi connectivity index (χ2n) is 4.42. The SMILES string of the molecule is C[C@H](N)c1ccc(F)cc1OCCc1ccncc1. The molecule has 0 aliphatic carbocycles. The van der Waals surface area contributed by atoms with Gasteiger partial charge in [-0.2, -0.15) is 0 Å². The summed E-state index contributed by atoms with van der Waals surface area (Å²) in [6.45, 7) is 2.33. The Morgan fingerprint density at radius 2 is 2.00 bits per heavy atom. The molecular weight excluding hydrogens is 243 g/mol. The smallest absolute Gasteiger partial charge is 0.126 e. The van der Waals surface area contributed by atoms with Gasteiger partial charge in [0, 0.05) is 36.5 Å². The molecule has 0 saturated carbocycles. The first-order valence-electron chi connectivity index (χ1n) is 6.23. The summed E-state index contributed by atoms with van der Waals surface area (Å²) in [5.74, 6) is 0.201. The molecule has 0 aliphatic heterocycles. The molecule has 2 aromatic rings. The van der Waals surface area contributed by atoms with E-state index in [0.717, 1.165) is 17.5 Å². The van der Waals surface area contributed by atoms with Gasteiger partial charge in [-0.05, 0) is 30.7 Å². The van der Waals surface area contributed by atoms with E-state index in [1.54, 1.807) is 18.5 Å². The summed E-state index contributed by atoms with van der Waals surface area (Å²) in [7, 11) is 0. The van der Waals surface area contributed by atoms with Gasteiger partial charge in [-0.3, -0.25) is 4.98 Å². The van der Waals surface area contributed by atoms with Crippen LogP contribution in [0.3, 0.4) is 0 Å². The molecule has 4 heteroatoms. The first-order valence-corrected chi connectivity index (χ1v) is 6.23. The summed E-state index contributed by atoms with van der Waals surface area (Å²) in [5, 5.41) is 0. The minimum Gasteiger partial charge on any atom is -0.493 e. The molecule has 0 bridgehead atoms. The van der Waals surface area contributed by atoms with Crippen molar-refractivity contribution in [3.8, 4) is 5.75 Å². The van der Waals surface area contributed by atoms with Gasteiger partial charge in [0.15, 0.2) is 0 Å². The van der Waals surface area contributed by atoms with Gasteiger partial charge in [0.05, 0.1) is 6.61 Å². The number of nitrogens with zero attached hydrogens (tertiary/aromatic N) is 1. The Balaban J connectivity index is 2.01. The van der Waals surface area contributed by atoms with Crippen LogP contribution in [0.5, 0.6) is 5.75 Å². The number of pyridine rings is 1. The first kappa shape index (κ1) is 13.5. The van der Waals surface area contributed by atoms with Crippen LogP contribution in [0.4, 0.5) is 4.39 Å². The zero-order chi connectivity index (χ0) is 13.7. The topological polar surface area (TPSA) is 48.1 Å². The Hall–Kier alpha value is -1.94. The van der Waals surface area contributed by atoms with E-state index in [1.807, 2.05) is 19.1 Å². The number of halogens is 1. The maximum Gasteiger partial charge on any atom is 0.126 e. The number of benzene rings is 1. The Morgan fingerprint density at radius 3 is 2.68 bits per heavy atom. The molecule has 0 spiro atoms. The van der Waals surface area contributed by atoms with Crippen molar-refractivity contribution < 1.29 is 9.13 Å². The Bertz CT molecular complexity index is 529. The molecule has 100 valence electrons. The van der Waals surface area contributed by atoms with Gasteiger partial charge < -0.3 is 10.5 Å². The molecular formula is C15H17FN2O. The van der Waals surface area contributed by atoms with Crippen LogP contribution in [-0.2, 0) is 6.42 Å². The lowest BCUT2D eigenvalue weighted by molar-refractivity contribution is 0.315. The number of ether oxygens (including phenoxy) is 1. The van der Waals surface area contributed by atoms with Crippen molar-refractivity contribution in [2.45, 2.75) is 19.4 Å². The lowest BCUT2D eigenvalue weighted by atomic mass is 10.1. The zero-order valence-corrected chi connectivity index (χ0v) is 10.8. The van der Waals surface area contributed by atoms with E-state index >= 15 is 0 Å². The normalized spacial score (nSPS) is 12.2. The average molecular weight is 260 g/mol. The van der Waals surface area contributed by atoms with E-state index in [2.05, 4.69) is 4.98 Å². The van der Waals surface area contributed by atoms with E-state index in [0.29, 0.717) is 12.4 Å². The Kier molecular flexibility index (Phi) is 4.47. The van der Waals surface area contributed by atoms with Crippen LogP contribution in [-0.4, -0.2) is 11.6 Å². The number of hydrogen-bond acceptors (Lipinski definition) is 3. The molecule has 19 heavy (non-hydrogen) atoms. The third-order valence-electron chi connectivity index (χ3n) is 2.86. The summed E-state index contributed by atoms with van der Waals surface area (Å²) >= 11 is 0. The van der Waals surface area contributed by atoms with E-state index < -0.39 is 0 Å². The molecule has 0 saturated heterocycles. The van der Waals surface area contributed by atoms with Crippen molar-refractivity contribution in [3.63, 3.8) is 0 Å². The average Bonchev–Trinajstić information content (AvgIpc) is 2.39. The van der Waals surface area contributed by atoms with Gasteiger partial charge in [-0.1, -0.05) is 6.07 Å². The second kappa shape index (κ2) is 6.29. The largest absolute Gasteiger partial charge is 0.493 e. The maximum absolute atomic E-state index is 13.2. The molecule has 0 radical (unpaired) electrons. The van der Waals surface area contributed by atoms with Crippen molar-refractivity contribution in [1.82, 2.24) is 4.98 Å². The highest BCUT2D eigenvalue weighted by Gasteiger charge is 2.09. The molecule has 1 aromatic carbocycles. The summed E-state index contributed by atoms with van der Waals surface area (Å²) in [5.41, 5.74) is 7.79. The third kappa shape index (κ3) is 3.76. The maximum atomic E-state index is 13.2. The molecule has 2 rings (SSSR count). The molecule has 1 heterocycles. The van der Waals surface area contributed by atoms with Gasteiger partial charge in [0.1, 0.15) is 11.6 Å². The molecule has 3 nitrogen and oxygen atoms in total. The van der Waals surface area contributed by atoms with Gasteiger partial charge >= 0.3 is 0 Å². The van der Waals surface area contributed by atoms with Crippen LogP contribution in [0.15, 0.2) is 42.7 Å². The quantitative estimate of drug-likeness (QED) is 0.899. The van der Waals surface area contributed by atoms with Crippen molar-refractivity contribution in [2.24, 2.45) is 5.73 Å². The minimum absolute atomic E-state index is 0.184. The number of nitrogens with two attached hydrogens (primary N) is 1. The standard InChI is InChI=1S/C15H17FN2O/c1-11(17)14-3-2-13(16)10-15(14)19-9-6-12-4-7-18-8-5-12/h2-5,7-8,10-11H,6,9,17H2,1H3/t11-/m0/s1. The highest BCUT2D eigenvalue weighted by Crippen LogP contribution is 2.24. The van der Waals surface area contributed by atoms with Crippen LogP contribution in [0.1, 0.15) is 24.1 Å². The third-order valence-corrected chi connectivity index (χ3v) is 2.86. The van der Waals surface area contributed by atoms with E-state index in [9.17, 15) is 4.39 Å². The highest BCUT2D eigenvalue weighted by atomic mass is 19.1. The van der Waals surface area contributed by atoms with Crippen LogP contribution in [0, 0.1) is 5.82 Å². The zero-order valence-electron chi connectivity index (χ0n) is 10.8. The molecule has 0 unspecified atom stereocenters. The summed E-state index contributed by atoms with van der Waals surface area (Å²) in [6, 6.07) is 8.13. The van der Waals surface area contributed by atoms with Gasteiger partial charge in [0.25, 0.3) is 0 Å². The monoisotopic (exact) mass is 260 g/mol.